The van der Waals surface area contributed by atoms with Gasteiger partial charge in [-0.05, 0) is 76.7 Å². The summed E-state index contributed by atoms with van der Waals surface area (Å²) in [4.78, 5) is 15.2. The summed E-state index contributed by atoms with van der Waals surface area (Å²) < 4.78 is 0. The number of carbonyl (C=O) groups is 1. The molecule has 2 heteroatoms. The number of nitrogens with zero attached hydrogens (tertiary/aromatic N) is 1. The van der Waals surface area contributed by atoms with Crippen LogP contribution in [0.4, 0.5) is 0 Å². The molecule has 1 saturated carbocycles. The Morgan fingerprint density at radius 2 is 1.75 bits per heavy atom. The fraction of sp³-hybridized carbons (Fsp3) is 0.611. The number of ketones is 1. The van der Waals surface area contributed by atoms with Crippen LogP contribution >= 0.6 is 0 Å². The molecule has 0 radical (unpaired) electrons. The van der Waals surface area contributed by atoms with Crippen LogP contribution in [0.5, 0.6) is 0 Å². The topological polar surface area (TPSA) is 20.3 Å². The summed E-state index contributed by atoms with van der Waals surface area (Å²) in [5.74, 6) is 1.05. The monoisotopic (exact) mass is 273 g/mol. The van der Waals surface area contributed by atoms with Crippen LogP contribution in [-0.2, 0) is 0 Å². The first-order valence-electron chi connectivity index (χ1n) is 7.66. The first-order valence-corrected chi connectivity index (χ1v) is 7.66. The number of hydrogen-bond donors (Lipinski definition) is 0. The third-order valence-electron chi connectivity index (χ3n) is 5.15. The van der Waals surface area contributed by atoms with Gasteiger partial charge in [-0.1, -0.05) is 19.1 Å². The summed E-state index contributed by atoms with van der Waals surface area (Å²) in [7, 11) is 4.10. The molecule has 20 heavy (non-hydrogen) atoms. The molecule has 1 fully saturated rings. The van der Waals surface area contributed by atoms with Crippen molar-refractivity contribution < 1.29 is 4.79 Å². The van der Waals surface area contributed by atoms with Crippen LogP contribution < -0.4 is 0 Å². The quantitative estimate of drug-likeness (QED) is 0.776. The van der Waals surface area contributed by atoms with Gasteiger partial charge in [-0.15, -0.1) is 0 Å². The van der Waals surface area contributed by atoms with Crippen LogP contribution in [0, 0.1) is 19.8 Å². The summed E-state index contributed by atoms with van der Waals surface area (Å²) in [6, 6.07) is 6.12. The van der Waals surface area contributed by atoms with E-state index >= 15 is 0 Å². The lowest BCUT2D eigenvalue weighted by molar-refractivity contribution is 0.0513. The largest absolute Gasteiger partial charge is 0.297 e. The highest BCUT2D eigenvalue weighted by atomic mass is 16.1. The Kier molecular flexibility index (Phi) is 4.33. The minimum absolute atomic E-state index is 0.297. The zero-order valence-electron chi connectivity index (χ0n) is 13.5. The summed E-state index contributed by atoms with van der Waals surface area (Å²) in [5, 5.41) is 0. The van der Waals surface area contributed by atoms with E-state index in [1.807, 2.05) is 6.07 Å². The SMILES string of the molecule is Cc1ccc(C(=O)C2(N(C)C)CCC(C)CC2)cc1C. The highest BCUT2D eigenvalue weighted by Crippen LogP contribution is 2.37. The summed E-state index contributed by atoms with van der Waals surface area (Å²) in [6.07, 6.45) is 4.25. The Balaban J connectivity index is 2.34. The van der Waals surface area contributed by atoms with Gasteiger partial charge in [0.25, 0.3) is 0 Å². The molecule has 0 unspecified atom stereocenters. The Morgan fingerprint density at radius 3 is 2.25 bits per heavy atom. The molecule has 0 bridgehead atoms. The lowest BCUT2D eigenvalue weighted by Gasteiger charge is -2.43. The maximum atomic E-state index is 13.1. The molecule has 0 atom stereocenters. The standard InChI is InChI=1S/C18H27NO/c1-13-8-10-18(11-9-13,19(4)5)17(20)16-7-6-14(2)15(3)12-16/h6-7,12-13H,8-11H2,1-5H3. The molecule has 2 rings (SSSR count). The van der Waals surface area contributed by atoms with Crippen LogP contribution in [0.1, 0.15) is 54.1 Å². The zero-order chi connectivity index (χ0) is 14.9. The van der Waals surface area contributed by atoms with Gasteiger partial charge in [0, 0.05) is 5.56 Å². The van der Waals surface area contributed by atoms with Crippen LogP contribution in [-0.4, -0.2) is 30.3 Å². The lowest BCUT2D eigenvalue weighted by Crippen LogP contribution is -2.53. The van der Waals surface area contributed by atoms with Crippen molar-refractivity contribution in [3.05, 3.63) is 34.9 Å². The average molecular weight is 273 g/mol. The van der Waals surface area contributed by atoms with Crippen LogP contribution in [0.3, 0.4) is 0 Å². The highest BCUT2D eigenvalue weighted by Gasteiger charge is 2.43. The van der Waals surface area contributed by atoms with Gasteiger partial charge in [-0.3, -0.25) is 9.69 Å². The molecular formula is C18H27NO. The normalized spacial score (nSPS) is 26.8. The number of aryl methyl sites for hydroxylation is 2. The summed E-state index contributed by atoms with van der Waals surface area (Å²) >= 11 is 0. The van der Waals surface area contributed by atoms with Crippen molar-refractivity contribution in [1.29, 1.82) is 0 Å². The first-order chi connectivity index (χ1) is 9.36. The lowest BCUT2D eigenvalue weighted by atomic mass is 9.72. The van der Waals surface area contributed by atoms with Gasteiger partial charge in [-0.2, -0.15) is 0 Å². The molecule has 1 aromatic carbocycles. The van der Waals surface area contributed by atoms with Crippen molar-refractivity contribution in [1.82, 2.24) is 4.90 Å². The molecule has 0 saturated heterocycles. The molecule has 0 aromatic heterocycles. The molecule has 2 nitrogen and oxygen atoms in total. The van der Waals surface area contributed by atoms with Crippen LogP contribution in [0.25, 0.3) is 0 Å². The second-order valence-electron chi connectivity index (χ2n) is 6.74. The predicted molar refractivity (Wildman–Crippen MR) is 84.3 cm³/mol. The van der Waals surface area contributed by atoms with E-state index in [9.17, 15) is 4.79 Å². The molecule has 0 amide bonds. The average Bonchev–Trinajstić information content (AvgIpc) is 2.42. The number of benzene rings is 1. The molecule has 0 aliphatic heterocycles. The maximum absolute atomic E-state index is 13.1. The number of likely N-dealkylation sites (N-methyl/N-ethyl adjacent to an activating group) is 1. The fourth-order valence-corrected chi connectivity index (χ4v) is 3.27. The van der Waals surface area contributed by atoms with E-state index in [-0.39, 0.29) is 5.54 Å². The number of carbonyl (C=O) groups excluding carboxylic acids is 1. The van der Waals surface area contributed by atoms with Crippen molar-refractivity contribution >= 4 is 5.78 Å². The van der Waals surface area contributed by atoms with Crippen molar-refractivity contribution in [2.75, 3.05) is 14.1 Å². The van der Waals surface area contributed by atoms with E-state index in [4.69, 9.17) is 0 Å². The van der Waals surface area contributed by atoms with E-state index in [2.05, 4.69) is 51.9 Å². The van der Waals surface area contributed by atoms with E-state index in [0.29, 0.717) is 5.78 Å². The van der Waals surface area contributed by atoms with Gasteiger partial charge < -0.3 is 0 Å². The number of Topliss-reactive ketones (excluding diaryl/α,β-unsaturated/α-hetero) is 1. The fourth-order valence-electron chi connectivity index (χ4n) is 3.27. The molecular weight excluding hydrogens is 246 g/mol. The van der Waals surface area contributed by atoms with Crippen molar-refractivity contribution in [2.45, 2.75) is 52.0 Å². The Hall–Kier alpha value is -1.15. The molecule has 1 aliphatic rings. The van der Waals surface area contributed by atoms with Crippen molar-refractivity contribution in [2.24, 2.45) is 5.92 Å². The first kappa shape index (κ1) is 15.2. The second-order valence-corrected chi connectivity index (χ2v) is 6.74. The van der Waals surface area contributed by atoms with Crippen molar-refractivity contribution in [3.63, 3.8) is 0 Å². The smallest absolute Gasteiger partial charge is 0.183 e. The van der Waals surface area contributed by atoms with Gasteiger partial charge in [0.2, 0.25) is 0 Å². The molecule has 1 aromatic rings. The maximum Gasteiger partial charge on any atom is 0.183 e. The Morgan fingerprint density at radius 1 is 1.15 bits per heavy atom. The van der Waals surface area contributed by atoms with Gasteiger partial charge >= 0.3 is 0 Å². The predicted octanol–water partition coefficient (Wildman–Crippen LogP) is 4.00. The minimum atomic E-state index is -0.297. The van der Waals surface area contributed by atoms with E-state index in [1.165, 1.54) is 11.1 Å². The van der Waals surface area contributed by atoms with E-state index in [1.54, 1.807) is 0 Å². The minimum Gasteiger partial charge on any atom is -0.297 e. The van der Waals surface area contributed by atoms with Gasteiger partial charge in [0.15, 0.2) is 5.78 Å². The molecule has 0 spiro atoms. The van der Waals surface area contributed by atoms with Crippen LogP contribution in [0.15, 0.2) is 18.2 Å². The summed E-state index contributed by atoms with van der Waals surface area (Å²) in [5.41, 5.74) is 3.02. The van der Waals surface area contributed by atoms with Gasteiger partial charge in [0.1, 0.15) is 0 Å². The molecule has 1 aliphatic carbocycles. The number of rotatable bonds is 3. The number of hydrogen-bond acceptors (Lipinski definition) is 2. The Labute approximate surface area is 123 Å². The van der Waals surface area contributed by atoms with Gasteiger partial charge in [0.05, 0.1) is 5.54 Å². The third kappa shape index (κ3) is 2.67. The summed E-state index contributed by atoms with van der Waals surface area (Å²) in [6.45, 7) is 6.46. The Bertz CT molecular complexity index is 496. The van der Waals surface area contributed by atoms with Crippen molar-refractivity contribution in [3.8, 4) is 0 Å². The highest BCUT2D eigenvalue weighted by molar-refractivity contribution is 6.03. The molecule has 0 N–H and O–H groups in total. The molecule has 0 heterocycles. The third-order valence-corrected chi connectivity index (χ3v) is 5.15. The zero-order valence-corrected chi connectivity index (χ0v) is 13.5. The van der Waals surface area contributed by atoms with Gasteiger partial charge in [-0.25, -0.2) is 0 Å². The van der Waals surface area contributed by atoms with E-state index < -0.39 is 0 Å². The second kappa shape index (κ2) is 5.69. The van der Waals surface area contributed by atoms with Crippen LogP contribution in [0.2, 0.25) is 0 Å². The van der Waals surface area contributed by atoms with E-state index in [0.717, 1.165) is 37.2 Å². The molecule has 110 valence electrons.